The monoisotopic (exact) mass is 386 g/mol. The second kappa shape index (κ2) is 9.18. The van der Waals surface area contributed by atoms with Crippen molar-refractivity contribution in [2.45, 2.75) is 18.7 Å². The third-order valence-electron chi connectivity index (χ3n) is 3.62. The molecule has 0 saturated heterocycles. The number of halogens is 1. The number of hydrogen-bond donors (Lipinski definition) is 1. The lowest BCUT2D eigenvalue weighted by molar-refractivity contribution is -0.118. The summed E-state index contributed by atoms with van der Waals surface area (Å²) in [6.07, 6.45) is 0. The molecular weight excluding hydrogens is 367 g/mol. The molecule has 0 spiro atoms. The number of nitrogens with one attached hydrogen (secondary N) is 1. The molecule has 0 fully saturated rings. The van der Waals surface area contributed by atoms with Gasteiger partial charge in [0, 0.05) is 24.9 Å². The molecule has 3 aromatic rings. The van der Waals surface area contributed by atoms with Gasteiger partial charge in [-0.05, 0) is 24.3 Å². The van der Waals surface area contributed by atoms with Crippen molar-refractivity contribution < 1.29 is 13.9 Å². The molecule has 1 heterocycles. The van der Waals surface area contributed by atoms with Gasteiger partial charge in [0.05, 0.1) is 0 Å². The molecule has 0 radical (unpaired) electrons. The predicted molar refractivity (Wildman–Crippen MR) is 101 cm³/mol. The van der Waals surface area contributed by atoms with Gasteiger partial charge in [0.1, 0.15) is 6.61 Å². The fraction of sp³-hybridized carbons (Fsp3) is 0.211. The van der Waals surface area contributed by atoms with Crippen molar-refractivity contribution in [2.24, 2.45) is 0 Å². The minimum Gasteiger partial charge on any atom is -0.483 e. The number of para-hydroxylation sites is 2. The van der Waals surface area contributed by atoms with E-state index in [4.69, 9.17) is 4.74 Å². The van der Waals surface area contributed by atoms with Crippen LogP contribution in [-0.4, -0.2) is 33.0 Å². The average molecular weight is 386 g/mol. The summed E-state index contributed by atoms with van der Waals surface area (Å²) in [5.41, 5.74) is 0.886. The van der Waals surface area contributed by atoms with Crippen molar-refractivity contribution in [2.75, 3.05) is 12.3 Å². The Morgan fingerprint density at radius 3 is 2.63 bits per heavy atom. The first-order valence-electron chi connectivity index (χ1n) is 8.39. The standard InChI is InChI=1S/C19H19FN4O2S/c1-14(25)21-11-12-27-19-23-22-18(24(19)15-7-3-2-4-8-15)13-26-17-10-6-5-9-16(17)20/h2-10H,11-13H2,1H3,(H,21,25). The van der Waals surface area contributed by atoms with E-state index in [1.807, 2.05) is 34.9 Å². The molecule has 27 heavy (non-hydrogen) atoms. The Kier molecular flexibility index (Phi) is 6.43. The molecule has 0 saturated carbocycles. The van der Waals surface area contributed by atoms with Crippen molar-refractivity contribution >= 4 is 17.7 Å². The SMILES string of the molecule is CC(=O)NCCSc1nnc(COc2ccccc2F)n1-c1ccccc1. The Bertz CT molecular complexity index is 902. The van der Waals surface area contributed by atoms with Crippen molar-refractivity contribution in [3.8, 4) is 11.4 Å². The van der Waals surface area contributed by atoms with Crippen LogP contribution < -0.4 is 10.1 Å². The highest BCUT2D eigenvalue weighted by molar-refractivity contribution is 7.99. The topological polar surface area (TPSA) is 69.0 Å². The number of aromatic nitrogens is 3. The Hall–Kier alpha value is -2.87. The lowest BCUT2D eigenvalue weighted by atomic mass is 10.3. The number of benzene rings is 2. The molecule has 0 bridgehead atoms. The van der Waals surface area contributed by atoms with E-state index in [1.54, 1.807) is 18.2 Å². The summed E-state index contributed by atoms with van der Waals surface area (Å²) in [4.78, 5) is 11.0. The van der Waals surface area contributed by atoms with Gasteiger partial charge in [-0.2, -0.15) is 0 Å². The number of rotatable bonds is 8. The second-order valence-electron chi connectivity index (χ2n) is 5.62. The van der Waals surface area contributed by atoms with Crippen LogP contribution in [-0.2, 0) is 11.4 Å². The maximum atomic E-state index is 13.8. The zero-order chi connectivity index (χ0) is 19.1. The van der Waals surface area contributed by atoms with Crippen LogP contribution in [0.3, 0.4) is 0 Å². The Balaban J connectivity index is 1.79. The first-order valence-corrected chi connectivity index (χ1v) is 9.38. The molecule has 0 atom stereocenters. The maximum Gasteiger partial charge on any atom is 0.216 e. The summed E-state index contributed by atoms with van der Waals surface area (Å²) in [5, 5.41) is 11.9. The molecular formula is C19H19FN4O2S. The molecule has 0 aliphatic rings. The van der Waals surface area contributed by atoms with Crippen LogP contribution in [0.1, 0.15) is 12.7 Å². The molecule has 1 amide bonds. The molecule has 1 aromatic heterocycles. The molecule has 0 unspecified atom stereocenters. The van der Waals surface area contributed by atoms with E-state index in [0.29, 0.717) is 23.3 Å². The van der Waals surface area contributed by atoms with Gasteiger partial charge in [0.2, 0.25) is 5.91 Å². The normalized spacial score (nSPS) is 10.6. The van der Waals surface area contributed by atoms with Crippen LogP contribution in [0.2, 0.25) is 0 Å². The average Bonchev–Trinajstić information content (AvgIpc) is 3.08. The summed E-state index contributed by atoms with van der Waals surface area (Å²) in [7, 11) is 0. The lowest BCUT2D eigenvalue weighted by Crippen LogP contribution is -2.22. The first kappa shape index (κ1) is 18.9. The number of hydrogen-bond acceptors (Lipinski definition) is 5. The van der Waals surface area contributed by atoms with Crippen molar-refractivity contribution in [3.05, 3.63) is 66.2 Å². The van der Waals surface area contributed by atoms with Crippen LogP contribution in [0.4, 0.5) is 4.39 Å². The smallest absolute Gasteiger partial charge is 0.216 e. The summed E-state index contributed by atoms with van der Waals surface area (Å²) < 4.78 is 21.3. The summed E-state index contributed by atoms with van der Waals surface area (Å²) in [6, 6.07) is 15.9. The molecule has 8 heteroatoms. The van der Waals surface area contributed by atoms with E-state index in [0.717, 1.165) is 5.69 Å². The van der Waals surface area contributed by atoms with Crippen LogP contribution in [0, 0.1) is 5.82 Å². The van der Waals surface area contributed by atoms with Gasteiger partial charge in [-0.3, -0.25) is 9.36 Å². The molecule has 6 nitrogen and oxygen atoms in total. The summed E-state index contributed by atoms with van der Waals surface area (Å²) in [5.74, 6) is 0.886. The first-order chi connectivity index (χ1) is 13.1. The van der Waals surface area contributed by atoms with Crippen LogP contribution in [0.15, 0.2) is 59.8 Å². The van der Waals surface area contributed by atoms with Gasteiger partial charge < -0.3 is 10.1 Å². The van der Waals surface area contributed by atoms with E-state index in [9.17, 15) is 9.18 Å². The predicted octanol–water partition coefficient (Wildman–Crippen LogP) is 3.21. The molecule has 140 valence electrons. The van der Waals surface area contributed by atoms with Gasteiger partial charge in [0.15, 0.2) is 22.5 Å². The molecule has 0 aliphatic carbocycles. The maximum absolute atomic E-state index is 13.8. The van der Waals surface area contributed by atoms with Gasteiger partial charge in [-0.25, -0.2) is 4.39 Å². The number of nitrogens with zero attached hydrogens (tertiary/aromatic N) is 3. The molecule has 3 rings (SSSR count). The Labute approximate surface area is 160 Å². The van der Waals surface area contributed by atoms with Crippen LogP contribution in [0.5, 0.6) is 5.75 Å². The minimum atomic E-state index is -0.423. The van der Waals surface area contributed by atoms with Gasteiger partial charge in [-0.1, -0.05) is 42.1 Å². The van der Waals surface area contributed by atoms with E-state index in [1.165, 1.54) is 24.8 Å². The highest BCUT2D eigenvalue weighted by Gasteiger charge is 2.15. The van der Waals surface area contributed by atoms with Crippen LogP contribution in [0.25, 0.3) is 5.69 Å². The molecule has 0 aliphatic heterocycles. The quantitative estimate of drug-likeness (QED) is 0.476. The van der Waals surface area contributed by atoms with Crippen molar-refractivity contribution in [1.82, 2.24) is 20.1 Å². The fourth-order valence-electron chi connectivity index (χ4n) is 2.40. The van der Waals surface area contributed by atoms with E-state index < -0.39 is 5.82 Å². The highest BCUT2D eigenvalue weighted by Crippen LogP contribution is 2.23. The van der Waals surface area contributed by atoms with Crippen LogP contribution >= 0.6 is 11.8 Å². The van der Waals surface area contributed by atoms with Crippen molar-refractivity contribution in [3.63, 3.8) is 0 Å². The van der Waals surface area contributed by atoms with E-state index in [-0.39, 0.29) is 18.3 Å². The minimum absolute atomic E-state index is 0.0703. The molecule has 1 N–H and O–H groups in total. The van der Waals surface area contributed by atoms with Gasteiger partial charge in [0.25, 0.3) is 0 Å². The third kappa shape index (κ3) is 5.07. The van der Waals surface area contributed by atoms with E-state index in [2.05, 4.69) is 15.5 Å². The van der Waals surface area contributed by atoms with E-state index >= 15 is 0 Å². The largest absolute Gasteiger partial charge is 0.483 e. The fourth-order valence-corrected chi connectivity index (χ4v) is 3.22. The summed E-state index contributed by atoms with van der Waals surface area (Å²) in [6.45, 7) is 2.09. The Morgan fingerprint density at radius 1 is 1.15 bits per heavy atom. The van der Waals surface area contributed by atoms with Gasteiger partial charge in [-0.15, -0.1) is 10.2 Å². The molecule has 2 aromatic carbocycles. The number of amides is 1. The number of thioether (sulfide) groups is 1. The van der Waals surface area contributed by atoms with Crippen molar-refractivity contribution in [1.29, 1.82) is 0 Å². The summed E-state index contributed by atoms with van der Waals surface area (Å²) >= 11 is 1.47. The number of carbonyl (C=O) groups is 1. The third-order valence-corrected chi connectivity index (χ3v) is 4.55. The number of carbonyl (C=O) groups excluding carboxylic acids is 1. The van der Waals surface area contributed by atoms with Gasteiger partial charge >= 0.3 is 0 Å². The zero-order valence-electron chi connectivity index (χ0n) is 14.8. The Morgan fingerprint density at radius 2 is 1.89 bits per heavy atom. The number of ether oxygens (including phenoxy) is 1. The second-order valence-corrected chi connectivity index (χ2v) is 6.68. The highest BCUT2D eigenvalue weighted by atomic mass is 32.2. The lowest BCUT2D eigenvalue weighted by Gasteiger charge is -2.11. The zero-order valence-corrected chi connectivity index (χ0v) is 15.6.